The van der Waals surface area contributed by atoms with Gasteiger partial charge in [0.15, 0.2) is 17.6 Å². The highest BCUT2D eigenvalue weighted by Gasteiger charge is 2.72. The number of methoxy groups -OCH3 is 1. The highest BCUT2D eigenvalue weighted by Crippen LogP contribution is 2.65. The average Bonchev–Trinajstić information content (AvgIpc) is 3.30. The number of carbonyl (C=O) groups is 3. The average molecular weight is 550 g/mol. The number of ether oxygens (including phenoxy) is 4. The van der Waals surface area contributed by atoms with Crippen molar-refractivity contribution in [2.75, 3.05) is 20.7 Å². The molecule has 10 nitrogen and oxygen atoms in total. The van der Waals surface area contributed by atoms with Crippen molar-refractivity contribution in [3.8, 4) is 11.5 Å². The lowest BCUT2D eigenvalue weighted by atomic mass is 9.50. The molecule has 2 heterocycles. The summed E-state index contributed by atoms with van der Waals surface area (Å²) in [4.78, 5) is 39.2. The molecule has 40 heavy (non-hydrogen) atoms. The van der Waals surface area contributed by atoms with E-state index in [1.54, 1.807) is 43.5 Å². The third-order valence-corrected chi connectivity index (χ3v) is 8.89. The first-order valence-corrected chi connectivity index (χ1v) is 13.4. The van der Waals surface area contributed by atoms with Crippen LogP contribution in [-0.4, -0.2) is 71.5 Å². The van der Waals surface area contributed by atoms with E-state index in [4.69, 9.17) is 24.1 Å². The molecule has 2 bridgehead atoms. The number of likely N-dealkylation sites (tertiary alicyclic amines) is 1. The molecule has 1 spiro atoms. The molecule has 0 aromatic heterocycles. The Morgan fingerprint density at radius 3 is 2.65 bits per heavy atom. The van der Waals surface area contributed by atoms with E-state index in [0.717, 1.165) is 17.7 Å². The lowest BCUT2D eigenvalue weighted by Crippen LogP contribution is -2.74. The van der Waals surface area contributed by atoms with Crippen molar-refractivity contribution in [1.29, 1.82) is 0 Å². The summed E-state index contributed by atoms with van der Waals surface area (Å²) in [5.41, 5.74) is 0.352. The number of carboxylic acids is 1. The maximum absolute atomic E-state index is 13.6. The third-order valence-electron chi connectivity index (χ3n) is 8.89. The molecule has 0 amide bonds. The van der Waals surface area contributed by atoms with Crippen molar-refractivity contribution < 1.29 is 43.5 Å². The number of nitrogens with zero attached hydrogens (tertiary/aromatic N) is 1. The zero-order valence-electron chi connectivity index (χ0n) is 22.3. The maximum atomic E-state index is 13.6. The van der Waals surface area contributed by atoms with E-state index < -0.39 is 47.6 Å². The Kier molecular flexibility index (Phi) is 6.35. The van der Waals surface area contributed by atoms with Gasteiger partial charge in [-0.15, -0.1) is 0 Å². The minimum Gasteiger partial charge on any atom is -0.493 e. The number of hydrogen-bond acceptors (Lipinski definition) is 9. The topological polar surface area (TPSA) is 132 Å². The second-order valence-electron chi connectivity index (χ2n) is 10.9. The van der Waals surface area contributed by atoms with Gasteiger partial charge in [-0.1, -0.05) is 36.4 Å². The van der Waals surface area contributed by atoms with Crippen molar-refractivity contribution >= 4 is 17.9 Å². The lowest BCUT2D eigenvalue weighted by Gasteiger charge is -2.61. The van der Waals surface area contributed by atoms with Crippen LogP contribution in [0.5, 0.6) is 11.5 Å². The minimum absolute atomic E-state index is 0.153. The quantitative estimate of drug-likeness (QED) is 0.474. The van der Waals surface area contributed by atoms with E-state index in [-0.39, 0.29) is 24.6 Å². The Labute approximate surface area is 231 Å². The standard InChI is InChI=1S/C30H31NO9/c1-31-15-14-29-24-18-8-9-19(37-2)26(24)40-27(29)20(12-13-30(29,36)21(31)16-18)38-28(35)25(17-6-4-3-5-7-17)39-23(34)11-10-22(32)33/h3-9,12,21,25,27,36H,10-11,13-16H2,1-2H3,(H,32,33)/t21-,25?,27+,29+,30-/m1/s1. The first-order valence-electron chi connectivity index (χ1n) is 13.4. The van der Waals surface area contributed by atoms with E-state index >= 15 is 0 Å². The predicted octanol–water partition coefficient (Wildman–Crippen LogP) is 2.67. The number of rotatable bonds is 8. The van der Waals surface area contributed by atoms with Gasteiger partial charge in [0.2, 0.25) is 6.10 Å². The van der Waals surface area contributed by atoms with Crippen LogP contribution in [0.1, 0.15) is 48.5 Å². The molecule has 2 aliphatic heterocycles. The van der Waals surface area contributed by atoms with Gasteiger partial charge in [0.25, 0.3) is 0 Å². The van der Waals surface area contributed by atoms with E-state index in [1.807, 2.05) is 19.2 Å². The molecule has 10 heteroatoms. The highest BCUT2D eigenvalue weighted by atomic mass is 16.6. The second kappa shape index (κ2) is 9.64. The Morgan fingerprint density at radius 2 is 1.93 bits per heavy atom. The summed E-state index contributed by atoms with van der Waals surface area (Å²) in [6.45, 7) is 0.720. The lowest BCUT2D eigenvalue weighted by molar-refractivity contribution is -0.176. The molecule has 210 valence electrons. The van der Waals surface area contributed by atoms with Crippen LogP contribution in [0.15, 0.2) is 54.3 Å². The molecule has 5 atom stereocenters. The second-order valence-corrected chi connectivity index (χ2v) is 10.9. The molecule has 1 unspecified atom stereocenters. The van der Waals surface area contributed by atoms with Crippen LogP contribution in [-0.2, 0) is 35.7 Å². The van der Waals surface area contributed by atoms with E-state index in [9.17, 15) is 19.5 Å². The van der Waals surface area contributed by atoms with Gasteiger partial charge >= 0.3 is 17.9 Å². The van der Waals surface area contributed by atoms with Gasteiger partial charge in [-0.25, -0.2) is 4.79 Å². The van der Waals surface area contributed by atoms with Gasteiger partial charge in [-0.3, -0.25) is 9.59 Å². The Hall–Kier alpha value is -3.89. The monoisotopic (exact) mass is 549 g/mol. The predicted molar refractivity (Wildman–Crippen MR) is 140 cm³/mol. The molecule has 6 rings (SSSR count). The van der Waals surface area contributed by atoms with Gasteiger partial charge in [0.05, 0.1) is 31.0 Å². The first-order chi connectivity index (χ1) is 19.2. The Balaban J connectivity index is 1.36. The van der Waals surface area contributed by atoms with Crippen molar-refractivity contribution in [2.45, 2.75) is 61.4 Å². The number of likely N-dealkylation sites (N-methyl/N-ethyl adjacent to an activating group) is 1. The molecule has 0 radical (unpaired) electrons. The molecule has 2 aromatic carbocycles. The van der Waals surface area contributed by atoms with Crippen LogP contribution in [0.25, 0.3) is 0 Å². The first kappa shape index (κ1) is 26.3. The van der Waals surface area contributed by atoms with Crippen LogP contribution >= 0.6 is 0 Å². The van der Waals surface area contributed by atoms with Crippen LogP contribution in [0.2, 0.25) is 0 Å². The highest BCUT2D eigenvalue weighted by molar-refractivity contribution is 5.83. The number of piperidine rings is 1. The molecular weight excluding hydrogens is 518 g/mol. The zero-order valence-corrected chi connectivity index (χ0v) is 22.3. The van der Waals surface area contributed by atoms with Gasteiger partial charge < -0.3 is 34.1 Å². The van der Waals surface area contributed by atoms with Gasteiger partial charge in [0, 0.05) is 23.6 Å². The summed E-state index contributed by atoms with van der Waals surface area (Å²) in [6, 6.07) is 12.1. The van der Waals surface area contributed by atoms with Gasteiger partial charge in [-0.05, 0) is 44.1 Å². The molecule has 2 aliphatic carbocycles. The number of carbonyl (C=O) groups excluding carboxylic acids is 2. The number of hydrogen-bond donors (Lipinski definition) is 2. The van der Waals surface area contributed by atoms with Crippen LogP contribution < -0.4 is 9.47 Å². The number of aliphatic hydroxyl groups is 1. The molecule has 1 fully saturated rings. The number of aliphatic carboxylic acids is 1. The Morgan fingerprint density at radius 1 is 1.15 bits per heavy atom. The van der Waals surface area contributed by atoms with Gasteiger partial charge in [0.1, 0.15) is 5.76 Å². The smallest absolute Gasteiger partial charge is 0.357 e. The third kappa shape index (κ3) is 3.81. The molecular formula is C30H31NO9. The van der Waals surface area contributed by atoms with Crippen molar-refractivity contribution in [3.05, 3.63) is 71.0 Å². The zero-order chi connectivity index (χ0) is 28.2. The van der Waals surface area contributed by atoms with E-state index in [0.29, 0.717) is 29.9 Å². The summed E-state index contributed by atoms with van der Waals surface area (Å²) in [5.74, 6) is -1.48. The van der Waals surface area contributed by atoms with Crippen molar-refractivity contribution in [2.24, 2.45) is 0 Å². The molecule has 4 aliphatic rings. The fourth-order valence-corrected chi connectivity index (χ4v) is 7.04. The maximum Gasteiger partial charge on any atom is 0.357 e. The fraction of sp³-hybridized carbons (Fsp3) is 0.433. The summed E-state index contributed by atoms with van der Waals surface area (Å²) in [6.07, 6.45) is 0.166. The number of benzene rings is 2. The fourth-order valence-electron chi connectivity index (χ4n) is 7.04. The summed E-state index contributed by atoms with van der Waals surface area (Å²) in [5, 5.41) is 21.3. The van der Waals surface area contributed by atoms with Crippen LogP contribution in [0.4, 0.5) is 0 Å². The van der Waals surface area contributed by atoms with Crippen LogP contribution in [0, 0.1) is 0 Å². The Bertz CT molecular complexity index is 1410. The summed E-state index contributed by atoms with van der Waals surface area (Å²) in [7, 11) is 3.58. The largest absolute Gasteiger partial charge is 0.493 e. The molecule has 1 saturated heterocycles. The number of carboxylic acid groups (broad SMARTS) is 1. The SMILES string of the molecule is COc1ccc2c3c1O[C@H]1C(OC(=O)C(OC(=O)CCC(=O)O)c4ccccc4)=CC[C@@]4(O)[C@@H](C2)N(C)CC[C@]314. The molecule has 0 saturated carbocycles. The molecule has 2 aromatic rings. The molecule has 2 N–H and O–H groups in total. The normalized spacial score (nSPS) is 28.4. The van der Waals surface area contributed by atoms with E-state index in [1.165, 1.54) is 0 Å². The van der Waals surface area contributed by atoms with Crippen LogP contribution in [0.3, 0.4) is 0 Å². The minimum atomic E-state index is -1.41. The van der Waals surface area contributed by atoms with E-state index in [2.05, 4.69) is 4.90 Å². The summed E-state index contributed by atoms with van der Waals surface area (Å²) < 4.78 is 23.5. The number of esters is 2. The van der Waals surface area contributed by atoms with Gasteiger partial charge in [-0.2, -0.15) is 0 Å². The summed E-state index contributed by atoms with van der Waals surface area (Å²) >= 11 is 0. The van der Waals surface area contributed by atoms with Crippen molar-refractivity contribution in [3.63, 3.8) is 0 Å². The van der Waals surface area contributed by atoms with Crippen molar-refractivity contribution in [1.82, 2.24) is 4.90 Å².